The Bertz CT molecular complexity index is 916. The zero-order valence-electron chi connectivity index (χ0n) is 13.0. The molecule has 0 aliphatic carbocycles. The van der Waals surface area contributed by atoms with Crippen LogP contribution >= 0.6 is 0 Å². The summed E-state index contributed by atoms with van der Waals surface area (Å²) in [5.41, 5.74) is 1.15. The van der Waals surface area contributed by atoms with Gasteiger partial charge < -0.3 is 9.88 Å². The molecule has 2 heterocycles. The molecule has 0 aliphatic rings. The summed E-state index contributed by atoms with van der Waals surface area (Å²) >= 11 is 0. The number of nitrogens with one attached hydrogen (secondary N) is 1. The van der Waals surface area contributed by atoms with E-state index >= 15 is 0 Å². The third-order valence-corrected chi connectivity index (χ3v) is 3.81. The van der Waals surface area contributed by atoms with Crippen molar-refractivity contribution in [1.29, 1.82) is 0 Å². The van der Waals surface area contributed by atoms with Crippen molar-refractivity contribution in [1.82, 2.24) is 14.9 Å². The summed E-state index contributed by atoms with van der Waals surface area (Å²) in [5.74, 6) is -0.227. The minimum absolute atomic E-state index is 0.116. The number of fused-ring (bicyclic) bond motifs is 1. The number of carbonyl (C=O) groups is 1. The number of hydrogen-bond acceptors (Lipinski definition) is 3. The van der Waals surface area contributed by atoms with Crippen molar-refractivity contribution in [3.63, 3.8) is 0 Å². The molecule has 2 aromatic heterocycles. The molecule has 1 atom stereocenters. The van der Waals surface area contributed by atoms with E-state index in [0.29, 0.717) is 16.3 Å². The maximum absolute atomic E-state index is 12.7. The van der Waals surface area contributed by atoms with Gasteiger partial charge in [0, 0.05) is 30.2 Å². The van der Waals surface area contributed by atoms with E-state index < -0.39 is 0 Å². The minimum Gasteiger partial charge on any atom is -0.344 e. The molecule has 3 aromatic rings. The van der Waals surface area contributed by atoms with Gasteiger partial charge in [-0.25, -0.2) is 0 Å². The minimum atomic E-state index is -0.227. The van der Waals surface area contributed by atoms with Crippen molar-refractivity contribution in [2.75, 3.05) is 0 Å². The van der Waals surface area contributed by atoms with E-state index in [1.165, 1.54) is 4.57 Å². The van der Waals surface area contributed by atoms with Crippen LogP contribution in [-0.4, -0.2) is 15.5 Å². The lowest BCUT2D eigenvalue weighted by Gasteiger charge is -2.15. The first-order chi connectivity index (χ1) is 11.1. The topological polar surface area (TPSA) is 64.0 Å². The van der Waals surface area contributed by atoms with Gasteiger partial charge in [-0.05, 0) is 25.1 Å². The first-order valence-corrected chi connectivity index (χ1v) is 7.38. The van der Waals surface area contributed by atoms with Gasteiger partial charge in [0.1, 0.15) is 0 Å². The van der Waals surface area contributed by atoms with Crippen LogP contribution in [0.5, 0.6) is 0 Å². The van der Waals surface area contributed by atoms with Crippen LogP contribution in [-0.2, 0) is 7.05 Å². The van der Waals surface area contributed by atoms with E-state index in [1.807, 2.05) is 31.2 Å². The van der Waals surface area contributed by atoms with Crippen molar-refractivity contribution in [2.24, 2.45) is 7.05 Å². The molecule has 0 aliphatic heterocycles. The van der Waals surface area contributed by atoms with Crippen LogP contribution in [0.4, 0.5) is 0 Å². The van der Waals surface area contributed by atoms with Gasteiger partial charge >= 0.3 is 0 Å². The number of nitrogens with zero attached hydrogens (tertiary/aromatic N) is 2. The Morgan fingerprint density at radius 3 is 2.52 bits per heavy atom. The van der Waals surface area contributed by atoms with Gasteiger partial charge in [0.05, 0.1) is 17.3 Å². The molecule has 0 fully saturated rings. The molecule has 1 N–H and O–H groups in total. The molecule has 3 rings (SSSR count). The summed E-state index contributed by atoms with van der Waals surface area (Å²) in [5, 5.41) is 4.12. The van der Waals surface area contributed by atoms with E-state index in [4.69, 9.17) is 0 Å². The number of rotatable bonds is 3. The second kappa shape index (κ2) is 6.04. The Morgan fingerprint density at radius 1 is 1.13 bits per heavy atom. The van der Waals surface area contributed by atoms with Gasteiger partial charge in [0.25, 0.3) is 11.5 Å². The standard InChI is InChI=1S/C18H17N3O2/c1-12(16-9-5-6-10-19-16)20-17(22)15-11-21(2)18(23)14-8-4-3-7-13(14)15/h3-12H,1-2H3,(H,20,22). The molecule has 0 saturated carbocycles. The molecule has 0 bridgehead atoms. The largest absolute Gasteiger partial charge is 0.344 e. The summed E-state index contributed by atoms with van der Waals surface area (Å²) in [6, 6.07) is 12.5. The second-order valence-corrected chi connectivity index (χ2v) is 5.45. The molecule has 1 aromatic carbocycles. The van der Waals surface area contributed by atoms with Crippen LogP contribution in [0.1, 0.15) is 29.0 Å². The van der Waals surface area contributed by atoms with Crippen molar-refractivity contribution in [2.45, 2.75) is 13.0 Å². The number of aryl methyl sites for hydroxylation is 1. The number of benzene rings is 1. The Kier molecular flexibility index (Phi) is 3.93. The monoisotopic (exact) mass is 307 g/mol. The molecule has 0 spiro atoms. The lowest BCUT2D eigenvalue weighted by molar-refractivity contribution is 0.0940. The molecule has 0 radical (unpaired) electrons. The molecular formula is C18H17N3O2. The molecular weight excluding hydrogens is 290 g/mol. The van der Waals surface area contributed by atoms with E-state index in [0.717, 1.165) is 5.69 Å². The summed E-state index contributed by atoms with van der Waals surface area (Å²) in [4.78, 5) is 29.1. The van der Waals surface area contributed by atoms with Crippen LogP contribution < -0.4 is 10.9 Å². The van der Waals surface area contributed by atoms with Gasteiger partial charge in [-0.3, -0.25) is 14.6 Å². The molecule has 23 heavy (non-hydrogen) atoms. The van der Waals surface area contributed by atoms with Gasteiger partial charge in [-0.1, -0.05) is 24.3 Å². The fraction of sp³-hybridized carbons (Fsp3) is 0.167. The van der Waals surface area contributed by atoms with Crippen LogP contribution in [0.15, 0.2) is 59.7 Å². The first kappa shape index (κ1) is 15.0. The highest BCUT2D eigenvalue weighted by Gasteiger charge is 2.16. The normalized spacial score (nSPS) is 12.1. The van der Waals surface area contributed by atoms with Crippen molar-refractivity contribution in [3.05, 3.63) is 76.5 Å². The second-order valence-electron chi connectivity index (χ2n) is 5.45. The van der Waals surface area contributed by atoms with E-state index in [1.54, 1.807) is 37.6 Å². The smallest absolute Gasteiger partial charge is 0.258 e. The molecule has 1 amide bonds. The molecule has 116 valence electrons. The lowest BCUT2D eigenvalue weighted by Crippen LogP contribution is -2.29. The number of amides is 1. The number of aromatic nitrogens is 2. The van der Waals surface area contributed by atoms with Crippen molar-refractivity contribution >= 4 is 16.7 Å². The highest BCUT2D eigenvalue weighted by Crippen LogP contribution is 2.16. The average molecular weight is 307 g/mol. The zero-order valence-corrected chi connectivity index (χ0v) is 13.0. The molecule has 1 unspecified atom stereocenters. The molecule has 0 saturated heterocycles. The van der Waals surface area contributed by atoms with E-state index in [9.17, 15) is 9.59 Å². The fourth-order valence-electron chi connectivity index (χ4n) is 2.58. The summed E-state index contributed by atoms with van der Waals surface area (Å²) in [7, 11) is 1.65. The van der Waals surface area contributed by atoms with Gasteiger partial charge in [-0.15, -0.1) is 0 Å². The predicted molar refractivity (Wildman–Crippen MR) is 89.3 cm³/mol. The van der Waals surface area contributed by atoms with Crippen LogP contribution in [0.3, 0.4) is 0 Å². The Morgan fingerprint density at radius 2 is 1.83 bits per heavy atom. The SMILES string of the molecule is CC(NC(=O)c1cn(C)c(=O)c2ccccc12)c1ccccn1. The third-order valence-electron chi connectivity index (χ3n) is 3.81. The number of hydrogen-bond donors (Lipinski definition) is 1. The molecule has 5 nitrogen and oxygen atoms in total. The maximum Gasteiger partial charge on any atom is 0.258 e. The summed E-state index contributed by atoms with van der Waals surface area (Å²) < 4.78 is 1.43. The van der Waals surface area contributed by atoms with Gasteiger partial charge in [0.15, 0.2) is 0 Å². The fourth-order valence-corrected chi connectivity index (χ4v) is 2.58. The lowest BCUT2D eigenvalue weighted by atomic mass is 10.1. The third kappa shape index (κ3) is 2.85. The summed E-state index contributed by atoms with van der Waals surface area (Å²) in [6.07, 6.45) is 3.27. The quantitative estimate of drug-likeness (QED) is 0.808. The maximum atomic E-state index is 12.7. The molecule has 5 heteroatoms. The van der Waals surface area contributed by atoms with Crippen LogP contribution in [0, 0.1) is 0 Å². The zero-order chi connectivity index (χ0) is 16.4. The van der Waals surface area contributed by atoms with Gasteiger partial charge in [0.2, 0.25) is 0 Å². The van der Waals surface area contributed by atoms with E-state index in [2.05, 4.69) is 10.3 Å². The van der Waals surface area contributed by atoms with Gasteiger partial charge in [-0.2, -0.15) is 0 Å². The van der Waals surface area contributed by atoms with Crippen LogP contribution in [0.2, 0.25) is 0 Å². The van der Waals surface area contributed by atoms with E-state index in [-0.39, 0.29) is 17.5 Å². The Labute approximate surface area is 133 Å². The summed E-state index contributed by atoms with van der Waals surface area (Å²) in [6.45, 7) is 1.88. The Balaban J connectivity index is 1.99. The highest BCUT2D eigenvalue weighted by atomic mass is 16.2. The number of carbonyl (C=O) groups excluding carboxylic acids is 1. The highest BCUT2D eigenvalue weighted by molar-refractivity contribution is 6.06. The Hall–Kier alpha value is -2.95. The predicted octanol–water partition coefficient (Wildman–Crippen LogP) is 2.42. The first-order valence-electron chi connectivity index (χ1n) is 7.38. The number of pyridine rings is 2. The van der Waals surface area contributed by atoms with Crippen LogP contribution in [0.25, 0.3) is 10.8 Å². The van der Waals surface area contributed by atoms with Crippen molar-refractivity contribution < 1.29 is 4.79 Å². The average Bonchev–Trinajstić information content (AvgIpc) is 2.58. The van der Waals surface area contributed by atoms with Crippen molar-refractivity contribution in [3.8, 4) is 0 Å².